The Morgan fingerprint density at radius 2 is 1.42 bits per heavy atom. The monoisotopic (exact) mass is 979 g/mol. The highest BCUT2D eigenvalue weighted by atomic mass is 16.6. The molecule has 380 valence electrons. The summed E-state index contributed by atoms with van der Waals surface area (Å²) in [6.45, 7) is 7.97. The Morgan fingerprint density at radius 3 is 2.10 bits per heavy atom. The van der Waals surface area contributed by atoms with E-state index in [2.05, 4.69) is 31.2 Å². The van der Waals surface area contributed by atoms with Crippen molar-refractivity contribution in [1.29, 1.82) is 0 Å². The van der Waals surface area contributed by atoms with Gasteiger partial charge in [-0.25, -0.2) is 4.99 Å². The summed E-state index contributed by atoms with van der Waals surface area (Å²) in [4.78, 5) is 100. The Hall–Kier alpha value is -7.13. The topological polar surface area (TPSA) is 262 Å². The van der Waals surface area contributed by atoms with Crippen LogP contribution < -0.4 is 27.0 Å². The van der Waals surface area contributed by atoms with Gasteiger partial charge < -0.3 is 50.8 Å². The van der Waals surface area contributed by atoms with Crippen molar-refractivity contribution in [1.82, 2.24) is 30.7 Å². The van der Waals surface area contributed by atoms with Crippen molar-refractivity contribution in [3.8, 4) is 0 Å². The Kier molecular flexibility index (Phi) is 23.0. The van der Waals surface area contributed by atoms with Crippen LogP contribution in [0, 0.1) is 0 Å². The number of fused-ring (bicyclic) bond motifs is 1. The van der Waals surface area contributed by atoms with Crippen LogP contribution in [-0.2, 0) is 60.7 Å². The molecule has 7 amide bonds. The fourth-order valence-corrected chi connectivity index (χ4v) is 7.36. The molecule has 3 aromatic rings. The Bertz CT molecular complexity index is 2370. The molecule has 20 nitrogen and oxygen atoms in total. The van der Waals surface area contributed by atoms with E-state index < -0.39 is 29.7 Å². The molecule has 0 radical (unpaired) electrons. The number of ether oxygens (including phenoxy) is 4. The van der Waals surface area contributed by atoms with Crippen molar-refractivity contribution in [2.75, 3.05) is 84.4 Å². The van der Waals surface area contributed by atoms with Crippen molar-refractivity contribution in [3.63, 3.8) is 0 Å². The average molecular weight is 980 g/mol. The van der Waals surface area contributed by atoms with Gasteiger partial charge in [-0.05, 0) is 48.2 Å². The van der Waals surface area contributed by atoms with Crippen molar-refractivity contribution in [3.05, 3.63) is 107 Å². The van der Waals surface area contributed by atoms with E-state index in [0.717, 1.165) is 23.3 Å². The third-order valence-corrected chi connectivity index (χ3v) is 10.9. The van der Waals surface area contributed by atoms with Crippen molar-refractivity contribution in [2.24, 2.45) is 10.7 Å². The summed E-state index contributed by atoms with van der Waals surface area (Å²) in [5, 5.41) is 11.2. The normalized spacial score (nSPS) is 13.4. The molecular weight excluding hydrogens is 915 g/mol. The number of benzene rings is 2. The number of amidine groups is 1. The molecule has 1 aromatic heterocycles. The molecule has 6 N–H and O–H groups in total. The second-order valence-electron chi connectivity index (χ2n) is 16.5. The zero-order valence-corrected chi connectivity index (χ0v) is 40.5. The number of nitrogens with zero attached hydrogens (tertiary/aromatic N) is 4. The van der Waals surface area contributed by atoms with Gasteiger partial charge in [-0.2, -0.15) is 0 Å². The maximum Gasteiger partial charge on any atom is 0.255 e. The molecular formula is C51H65N9O11. The summed E-state index contributed by atoms with van der Waals surface area (Å²) in [7, 11) is 0. The summed E-state index contributed by atoms with van der Waals surface area (Å²) >= 11 is 0. The van der Waals surface area contributed by atoms with E-state index in [1.165, 1.54) is 18.3 Å². The lowest BCUT2D eigenvalue weighted by molar-refractivity contribution is -0.137. The largest absolute Gasteiger partial charge is 0.387 e. The highest BCUT2D eigenvalue weighted by Gasteiger charge is 2.25. The maximum absolute atomic E-state index is 13.6. The lowest BCUT2D eigenvalue weighted by Crippen LogP contribution is -2.48. The SMILES string of the molecule is CCCN(CCC)C(=O)C1=Cc2ccc(C(=O)Nc3cncc(CNC(=O)[C@H](Cc4ccccc4)NC(=O)CCOCCOCCOCCOCCNC(=O)CCN4C(=O)C=CC4=O)c3)cc2N=C(N)C1. The number of aliphatic imine (C=N–C) groups is 1. The molecule has 0 unspecified atom stereocenters. The van der Waals surface area contributed by atoms with Crippen LogP contribution in [0.25, 0.3) is 6.08 Å². The van der Waals surface area contributed by atoms with Crippen LogP contribution >= 0.6 is 0 Å². The van der Waals surface area contributed by atoms with E-state index in [0.29, 0.717) is 73.2 Å². The number of carbonyl (C=O) groups excluding carboxylic acids is 7. The molecule has 1 atom stereocenters. The fraction of sp³-hybridized carbons (Fsp3) is 0.431. The number of imide groups is 1. The molecule has 0 saturated heterocycles. The van der Waals surface area contributed by atoms with Crippen LogP contribution in [-0.4, -0.2) is 147 Å². The molecule has 71 heavy (non-hydrogen) atoms. The van der Waals surface area contributed by atoms with E-state index in [1.807, 2.05) is 49.1 Å². The molecule has 0 aliphatic carbocycles. The van der Waals surface area contributed by atoms with E-state index in [-0.39, 0.29) is 95.3 Å². The van der Waals surface area contributed by atoms with Gasteiger partial charge in [-0.1, -0.05) is 50.2 Å². The third kappa shape index (κ3) is 19.0. The number of hydrogen-bond acceptors (Lipinski definition) is 14. The number of rotatable bonds is 31. The van der Waals surface area contributed by atoms with Crippen LogP contribution in [0.1, 0.15) is 73.0 Å². The zero-order chi connectivity index (χ0) is 50.8. The van der Waals surface area contributed by atoms with Gasteiger partial charge in [-0.3, -0.25) is 43.4 Å². The van der Waals surface area contributed by atoms with Crippen LogP contribution in [0.2, 0.25) is 0 Å². The summed E-state index contributed by atoms with van der Waals surface area (Å²) in [6.07, 6.45) is 9.38. The summed E-state index contributed by atoms with van der Waals surface area (Å²) < 4.78 is 22.0. The van der Waals surface area contributed by atoms with Gasteiger partial charge in [0, 0.05) is 93.5 Å². The molecule has 0 saturated carbocycles. The lowest BCUT2D eigenvalue weighted by Gasteiger charge is -2.22. The maximum atomic E-state index is 13.6. The molecule has 2 aliphatic heterocycles. The van der Waals surface area contributed by atoms with Gasteiger partial charge in [0.05, 0.1) is 70.4 Å². The molecule has 0 spiro atoms. The van der Waals surface area contributed by atoms with Gasteiger partial charge in [-0.15, -0.1) is 0 Å². The first-order valence-corrected chi connectivity index (χ1v) is 23.9. The van der Waals surface area contributed by atoms with Crippen molar-refractivity contribution >= 4 is 64.6 Å². The van der Waals surface area contributed by atoms with E-state index in [9.17, 15) is 33.6 Å². The first kappa shape index (κ1) is 54.8. The lowest BCUT2D eigenvalue weighted by atomic mass is 10.0. The van der Waals surface area contributed by atoms with Gasteiger partial charge in [0.2, 0.25) is 23.6 Å². The van der Waals surface area contributed by atoms with Crippen molar-refractivity contribution in [2.45, 2.75) is 65.0 Å². The highest BCUT2D eigenvalue weighted by molar-refractivity contribution is 6.13. The average Bonchev–Trinajstić information content (AvgIpc) is 3.58. The minimum Gasteiger partial charge on any atom is -0.387 e. The molecule has 5 rings (SSSR count). The molecule has 3 heterocycles. The Morgan fingerprint density at radius 1 is 0.761 bits per heavy atom. The van der Waals surface area contributed by atoms with E-state index in [4.69, 9.17) is 24.7 Å². The van der Waals surface area contributed by atoms with Crippen LogP contribution in [0.15, 0.2) is 89.7 Å². The standard InChI is InChI=1S/C51H65N9O11/c1-3-17-59(18-4-2)51(67)40-30-38-10-11-39(31-42(38)57-44(52)32-40)49(65)56-41-28-37(33-53-35-41)34-55-50(66)43(29-36-8-6-5-7-9-36)58-46(62)15-20-68-22-24-70-26-27-71-25-23-69-21-16-54-45(61)14-19-60-47(63)12-13-48(60)64/h5-13,28,30-31,33,35,43H,3-4,14-27,29,32,34H2,1-2H3,(H2,52,57)(H,54,61)(H,55,66)(H,56,65)(H,58,62)/t43-/m0/s1. The number of pyridine rings is 1. The van der Waals surface area contributed by atoms with Gasteiger partial charge >= 0.3 is 0 Å². The van der Waals surface area contributed by atoms with Gasteiger partial charge in [0.1, 0.15) is 11.9 Å². The van der Waals surface area contributed by atoms with Crippen LogP contribution in [0.3, 0.4) is 0 Å². The summed E-state index contributed by atoms with van der Waals surface area (Å²) in [5.41, 5.74) is 10.1. The number of nitrogens with two attached hydrogens (primary N) is 1. The fourth-order valence-electron chi connectivity index (χ4n) is 7.36. The van der Waals surface area contributed by atoms with Gasteiger partial charge in [0.15, 0.2) is 0 Å². The number of amides is 7. The second kappa shape index (κ2) is 29.8. The summed E-state index contributed by atoms with van der Waals surface area (Å²) in [6, 6.07) is 15.2. The van der Waals surface area contributed by atoms with Gasteiger partial charge in [0.25, 0.3) is 17.7 Å². The number of hydrogen-bond donors (Lipinski definition) is 5. The quantitative estimate of drug-likeness (QED) is 0.0460. The molecule has 0 fully saturated rings. The minimum atomic E-state index is -0.883. The number of nitrogens with one attached hydrogen (secondary N) is 4. The number of aromatic nitrogens is 1. The van der Waals surface area contributed by atoms with E-state index >= 15 is 0 Å². The molecule has 2 aromatic carbocycles. The molecule has 0 bridgehead atoms. The van der Waals surface area contributed by atoms with Crippen molar-refractivity contribution < 1.29 is 52.5 Å². The predicted octanol–water partition coefficient (Wildman–Crippen LogP) is 2.99. The number of anilines is 1. The Labute approximate surface area is 413 Å². The summed E-state index contributed by atoms with van der Waals surface area (Å²) in [5.74, 6) is -2.11. The smallest absolute Gasteiger partial charge is 0.255 e. The van der Waals surface area contributed by atoms with E-state index in [1.54, 1.807) is 36.5 Å². The highest BCUT2D eigenvalue weighted by Crippen LogP contribution is 2.29. The van der Waals surface area contributed by atoms with Crippen LogP contribution in [0.4, 0.5) is 11.4 Å². The first-order chi connectivity index (χ1) is 34.4. The molecule has 20 heteroatoms. The second-order valence-corrected chi connectivity index (χ2v) is 16.5. The van der Waals surface area contributed by atoms with Crippen LogP contribution in [0.5, 0.6) is 0 Å². The number of carbonyl (C=O) groups is 7. The first-order valence-electron chi connectivity index (χ1n) is 23.9. The predicted molar refractivity (Wildman–Crippen MR) is 265 cm³/mol. The third-order valence-electron chi connectivity index (χ3n) is 10.9. The Balaban J connectivity index is 0.979. The molecule has 2 aliphatic rings. The zero-order valence-electron chi connectivity index (χ0n) is 40.5. The minimum absolute atomic E-state index is 0.0149.